The molecule has 0 N–H and O–H groups in total. The third-order valence-electron chi connectivity index (χ3n) is 3.67. The number of benzene rings is 2. The van der Waals surface area contributed by atoms with Gasteiger partial charge in [0.2, 0.25) is 0 Å². The van der Waals surface area contributed by atoms with Crippen molar-refractivity contribution in [1.82, 2.24) is 0 Å². The highest BCUT2D eigenvalue weighted by atomic mass is 19.4. The molecule has 1 aliphatic heterocycles. The van der Waals surface area contributed by atoms with Crippen LogP contribution in [0.15, 0.2) is 48.5 Å². The number of halogens is 3. The minimum absolute atomic E-state index is 0.235. The molecule has 126 valence electrons. The third kappa shape index (κ3) is 4.30. The number of ether oxygens (including phenoxy) is 1. The summed E-state index contributed by atoms with van der Waals surface area (Å²) >= 11 is 0. The molecule has 0 spiro atoms. The molecule has 1 heterocycles. The summed E-state index contributed by atoms with van der Waals surface area (Å²) in [6.07, 6.45) is -4.68. The second kappa shape index (κ2) is 6.87. The lowest BCUT2D eigenvalue weighted by Gasteiger charge is -2.24. The van der Waals surface area contributed by atoms with Gasteiger partial charge in [0.25, 0.3) is 0 Å². The van der Waals surface area contributed by atoms with E-state index in [-0.39, 0.29) is 12.9 Å². The van der Waals surface area contributed by atoms with Gasteiger partial charge >= 0.3 is 13.5 Å². The van der Waals surface area contributed by atoms with Crippen LogP contribution in [0.25, 0.3) is 11.1 Å². The summed E-state index contributed by atoms with van der Waals surface area (Å²) in [7, 11) is -0.363. The fourth-order valence-corrected chi connectivity index (χ4v) is 2.47. The monoisotopic (exact) mass is 336 g/mol. The van der Waals surface area contributed by atoms with Gasteiger partial charge in [0, 0.05) is 13.2 Å². The van der Waals surface area contributed by atoms with Crippen LogP contribution in [-0.4, -0.2) is 26.7 Å². The van der Waals surface area contributed by atoms with E-state index in [9.17, 15) is 13.2 Å². The Kier molecular flexibility index (Phi) is 4.82. The molecule has 2 aromatic rings. The highest BCUT2D eigenvalue weighted by molar-refractivity contribution is 6.61. The molecule has 1 saturated heterocycles. The van der Waals surface area contributed by atoms with Crippen molar-refractivity contribution in [2.45, 2.75) is 13.3 Å². The molecule has 0 radical (unpaired) electrons. The van der Waals surface area contributed by atoms with Gasteiger partial charge in [0.1, 0.15) is 5.75 Å². The number of alkyl halides is 3. The Morgan fingerprint density at radius 1 is 0.917 bits per heavy atom. The maximum atomic E-state index is 12.2. The predicted octanol–water partition coefficient (Wildman–Crippen LogP) is 3.63. The third-order valence-corrected chi connectivity index (χ3v) is 3.67. The number of hydrogen-bond donors (Lipinski definition) is 0. The largest absolute Gasteiger partial charge is 0.573 e. The molecule has 0 bridgehead atoms. The Morgan fingerprint density at radius 2 is 1.42 bits per heavy atom. The van der Waals surface area contributed by atoms with Gasteiger partial charge in [-0.05, 0) is 34.6 Å². The Hall–Kier alpha value is -1.99. The van der Waals surface area contributed by atoms with E-state index in [1.807, 2.05) is 24.3 Å². The van der Waals surface area contributed by atoms with E-state index in [4.69, 9.17) is 9.31 Å². The second-order valence-corrected chi connectivity index (χ2v) is 5.80. The van der Waals surface area contributed by atoms with Gasteiger partial charge < -0.3 is 14.0 Å². The number of rotatable bonds is 3. The first kappa shape index (κ1) is 16.9. The Morgan fingerprint density at radius 3 is 1.92 bits per heavy atom. The lowest BCUT2D eigenvalue weighted by molar-refractivity contribution is -0.274. The van der Waals surface area contributed by atoms with Crippen LogP contribution < -0.4 is 10.2 Å². The van der Waals surface area contributed by atoms with Crippen molar-refractivity contribution in [2.24, 2.45) is 5.92 Å². The summed E-state index contributed by atoms with van der Waals surface area (Å²) in [5.41, 5.74) is 2.61. The van der Waals surface area contributed by atoms with Gasteiger partial charge in [0.15, 0.2) is 0 Å². The van der Waals surface area contributed by atoms with Crippen LogP contribution in [0.3, 0.4) is 0 Å². The Labute approximate surface area is 138 Å². The van der Waals surface area contributed by atoms with Gasteiger partial charge in [-0.1, -0.05) is 43.3 Å². The standard InChI is InChI=1S/C17H16BF3O3/c1-12-10-22-18(23-11-12)15-6-2-13(3-7-15)14-4-8-16(9-5-14)24-17(19,20)21/h2-9,12H,10-11H2,1H3. The predicted molar refractivity (Wildman–Crippen MR) is 85.0 cm³/mol. The highest BCUT2D eigenvalue weighted by Crippen LogP contribution is 2.26. The Balaban J connectivity index is 1.69. The van der Waals surface area contributed by atoms with Gasteiger partial charge in [-0.3, -0.25) is 0 Å². The van der Waals surface area contributed by atoms with Crippen LogP contribution in [-0.2, 0) is 9.31 Å². The van der Waals surface area contributed by atoms with E-state index in [1.54, 1.807) is 12.1 Å². The van der Waals surface area contributed by atoms with Crippen molar-refractivity contribution in [3.05, 3.63) is 48.5 Å². The smallest absolute Gasteiger partial charge is 0.407 e. The van der Waals surface area contributed by atoms with Crippen LogP contribution >= 0.6 is 0 Å². The van der Waals surface area contributed by atoms with E-state index in [1.165, 1.54) is 12.1 Å². The zero-order valence-electron chi connectivity index (χ0n) is 13.0. The lowest BCUT2D eigenvalue weighted by Crippen LogP contribution is -2.43. The minimum Gasteiger partial charge on any atom is -0.407 e. The molecule has 0 amide bonds. The second-order valence-electron chi connectivity index (χ2n) is 5.80. The van der Waals surface area contributed by atoms with E-state index >= 15 is 0 Å². The van der Waals surface area contributed by atoms with Crippen LogP contribution in [0.2, 0.25) is 0 Å². The van der Waals surface area contributed by atoms with Crippen molar-refractivity contribution in [3.8, 4) is 16.9 Å². The summed E-state index contributed by atoms with van der Waals surface area (Å²) in [6.45, 7) is 3.38. The van der Waals surface area contributed by atoms with Crippen LogP contribution in [0.1, 0.15) is 6.92 Å². The van der Waals surface area contributed by atoms with Crippen molar-refractivity contribution >= 4 is 12.6 Å². The van der Waals surface area contributed by atoms with Crippen LogP contribution in [0.4, 0.5) is 13.2 Å². The molecule has 1 fully saturated rings. The lowest BCUT2D eigenvalue weighted by atomic mass is 9.77. The molecule has 7 heteroatoms. The van der Waals surface area contributed by atoms with Crippen molar-refractivity contribution < 1.29 is 27.2 Å². The fraction of sp³-hybridized carbons (Fsp3) is 0.294. The quantitative estimate of drug-likeness (QED) is 0.801. The summed E-state index contributed by atoms with van der Waals surface area (Å²) in [4.78, 5) is 0. The average Bonchev–Trinajstić information content (AvgIpc) is 2.55. The maximum Gasteiger partial charge on any atom is 0.573 e. The highest BCUT2D eigenvalue weighted by Gasteiger charge is 2.31. The molecule has 0 aromatic heterocycles. The van der Waals surface area contributed by atoms with Crippen molar-refractivity contribution in [1.29, 1.82) is 0 Å². The molecule has 3 rings (SSSR count). The first-order valence-corrected chi connectivity index (χ1v) is 7.60. The molecular weight excluding hydrogens is 320 g/mol. The van der Waals surface area contributed by atoms with E-state index < -0.39 is 6.36 Å². The van der Waals surface area contributed by atoms with Crippen molar-refractivity contribution in [3.63, 3.8) is 0 Å². The van der Waals surface area contributed by atoms with Crippen LogP contribution in [0.5, 0.6) is 5.75 Å². The topological polar surface area (TPSA) is 27.7 Å². The average molecular weight is 336 g/mol. The zero-order valence-corrected chi connectivity index (χ0v) is 13.0. The van der Waals surface area contributed by atoms with Gasteiger partial charge in [-0.15, -0.1) is 13.2 Å². The summed E-state index contributed by atoms with van der Waals surface area (Å²) in [6, 6.07) is 13.3. The molecular formula is C17H16BF3O3. The molecule has 1 aliphatic rings. The van der Waals surface area contributed by atoms with Gasteiger partial charge in [0.05, 0.1) is 0 Å². The first-order chi connectivity index (χ1) is 11.4. The number of hydrogen-bond acceptors (Lipinski definition) is 3. The Bertz CT molecular complexity index is 663. The molecule has 0 aliphatic carbocycles. The van der Waals surface area contributed by atoms with Gasteiger partial charge in [-0.2, -0.15) is 0 Å². The van der Waals surface area contributed by atoms with E-state index in [0.29, 0.717) is 19.1 Å². The first-order valence-electron chi connectivity index (χ1n) is 7.60. The van der Waals surface area contributed by atoms with Crippen LogP contribution in [0, 0.1) is 5.92 Å². The van der Waals surface area contributed by atoms with Crippen molar-refractivity contribution in [2.75, 3.05) is 13.2 Å². The zero-order chi connectivity index (χ0) is 17.2. The summed E-state index contributed by atoms with van der Waals surface area (Å²) in [5.74, 6) is 0.152. The maximum absolute atomic E-state index is 12.2. The molecule has 3 nitrogen and oxygen atoms in total. The SMILES string of the molecule is CC1COB(c2ccc(-c3ccc(OC(F)(F)F)cc3)cc2)OC1. The van der Waals surface area contributed by atoms with E-state index in [0.717, 1.165) is 16.6 Å². The summed E-state index contributed by atoms with van der Waals surface area (Å²) in [5, 5.41) is 0. The summed E-state index contributed by atoms with van der Waals surface area (Å²) < 4.78 is 51.6. The minimum atomic E-state index is -4.68. The molecule has 0 unspecified atom stereocenters. The molecule has 24 heavy (non-hydrogen) atoms. The fourth-order valence-electron chi connectivity index (χ4n) is 2.47. The molecule has 0 atom stereocenters. The van der Waals surface area contributed by atoms with E-state index in [2.05, 4.69) is 11.7 Å². The normalized spacial score (nSPS) is 16.2. The molecule has 2 aromatic carbocycles. The van der Waals surface area contributed by atoms with Gasteiger partial charge in [-0.25, -0.2) is 0 Å². The molecule has 0 saturated carbocycles.